The minimum Gasteiger partial charge on any atom is -0.379 e. The molecule has 0 spiro atoms. The van der Waals surface area contributed by atoms with Crippen molar-refractivity contribution in [2.24, 2.45) is 13.0 Å². The minimum absolute atomic E-state index is 0.0504. The van der Waals surface area contributed by atoms with Crippen molar-refractivity contribution in [3.63, 3.8) is 0 Å². The molecule has 0 radical (unpaired) electrons. The fraction of sp³-hybridized carbons (Fsp3) is 0.692. The average molecular weight is 266 g/mol. The zero-order chi connectivity index (χ0) is 13.7. The van der Waals surface area contributed by atoms with Gasteiger partial charge >= 0.3 is 0 Å². The van der Waals surface area contributed by atoms with E-state index >= 15 is 0 Å². The Kier molecular flexibility index (Phi) is 4.93. The van der Waals surface area contributed by atoms with Crippen molar-refractivity contribution in [1.82, 2.24) is 20.4 Å². The van der Waals surface area contributed by atoms with Gasteiger partial charge in [-0.1, -0.05) is 0 Å². The molecule has 0 saturated heterocycles. The first-order valence-electron chi connectivity index (χ1n) is 6.72. The summed E-state index contributed by atoms with van der Waals surface area (Å²) >= 11 is 0. The number of nitrogens with zero attached hydrogens (tertiary/aromatic N) is 2. The van der Waals surface area contributed by atoms with E-state index in [0.29, 0.717) is 13.2 Å². The fourth-order valence-electron chi connectivity index (χ4n) is 1.92. The molecule has 106 valence electrons. The first-order chi connectivity index (χ1) is 9.20. The van der Waals surface area contributed by atoms with Crippen LogP contribution in [0.2, 0.25) is 0 Å². The number of ether oxygens (including phenoxy) is 1. The number of nitrogens with one attached hydrogen (secondary N) is 2. The molecule has 6 heteroatoms. The highest BCUT2D eigenvalue weighted by atomic mass is 16.5. The smallest absolute Gasteiger partial charge is 0.241 e. The molecule has 1 aromatic rings. The summed E-state index contributed by atoms with van der Waals surface area (Å²) in [4.78, 5) is 12.0. The van der Waals surface area contributed by atoms with Crippen molar-refractivity contribution >= 4 is 5.91 Å². The van der Waals surface area contributed by atoms with E-state index in [2.05, 4.69) is 15.7 Å². The molecule has 1 amide bonds. The zero-order valence-electron chi connectivity index (χ0n) is 11.6. The highest BCUT2D eigenvalue weighted by Crippen LogP contribution is 2.28. The quantitative estimate of drug-likeness (QED) is 0.661. The molecule has 1 fully saturated rings. The van der Waals surface area contributed by atoms with Crippen molar-refractivity contribution in [2.75, 3.05) is 26.8 Å². The molecule has 0 bridgehead atoms. The number of carbonyl (C=O) groups is 1. The van der Waals surface area contributed by atoms with Gasteiger partial charge < -0.3 is 15.4 Å². The topological polar surface area (TPSA) is 68.2 Å². The maximum absolute atomic E-state index is 12.0. The first kappa shape index (κ1) is 14.0. The van der Waals surface area contributed by atoms with Gasteiger partial charge in [-0.05, 0) is 25.8 Å². The van der Waals surface area contributed by atoms with E-state index in [4.69, 9.17) is 4.74 Å². The molecule has 1 saturated carbocycles. The van der Waals surface area contributed by atoms with Crippen LogP contribution in [0.3, 0.4) is 0 Å². The highest BCUT2D eigenvalue weighted by Gasteiger charge is 2.21. The van der Waals surface area contributed by atoms with Gasteiger partial charge in [-0.3, -0.25) is 9.48 Å². The molecule has 1 aliphatic carbocycles. The van der Waals surface area contributed by atoms with Gasteiger partial charge in [0, 0.05) is 32.0 Å². The Balaban J connectivity index is 1.70. The van der Waals surface area contributed by atoms with Gasteiger partial charge in [0.1, 0.15) is 6.04 Å². The van der Waals surface area contributed by atoms with Crippen molar-refractivity contribution in [2.45, 2.75) is 18.9 Å². The molecular formula is C13H22N4O2. The summed E-state index contributed by atoms with van der Waals surface area (Å²) in [5.41, 5.74) is 0.862. The van der Waals surface area contributed by atoms with Crippen molar-refractivity contribution in [1.29, 1.82) is 0 Å². The van der Waals surface area contributed by atoms with Gasteiger partial charge in [0.2, 0.25) is 5.91 Å². The fourth-order valence-corrected chi connectivity index (χ4v) is 1.92. The SMILES string of the molecule is CNC(C(=O)NCCOCC1CC1)c1cnn(C)c1. The third-order valence-electron chi connectivity index (χ3n) is 3.21. The number of carbonyl (C=O) groups excluding carboxylic acids is 1. The van der Waals surface area contributed by atoms with Crippen LogP contribution in [0.15, 0.2) is 12.4 Å². The second-order valence-electron chi connectivity index (χ2n) is 4.98. The Morgan fingerprint density at radius 1 is 1.63 bits per heavy atom. The van der Waals surface area contributed by atoms with E-state index in [-0.39, 0.29) is 11.9 Å². The number of aryl methyl sites for hydroxylation is 1. The maximum atomic E-state index is 12.0. The summed E-state index contributed by atoms with van der Waals surface area (Å²) in [7, 11) is 3.60. The van der Waals surface area contributed by atoms with E-state index in [1.165, 1.54) is 12.8 Å². The molecule has 1 aromatic heterocycles. The Morgan fingerprint density at radius 3 is 3.00 bits per heavy atom. The van der Waals surface area contributed by atoms with Gasteiger partial charge in [0.15, 0.2) is 0 Å². The normalized spacial score (nSPS) is 16.3. The highest BCUT2D eigenvalue weighted by molar-refractivity contribution is 5.82. The predicted molar refractivity (Wildman–Crippen MR) is 71.6 cm³/mol. The molecule has 0 aliphatic heterocycles. The summed E-state index contributed by atoms with van der Waals surface area (Å²) in [5.74, 6) is 0.710. The molecule has 1 heterocycles. The summed E-state index contributed by atoms with van der Waals surface area (Å²) < 4.78 is 7.17. The van der Waals surface area contributed by atoms with E-state index in [0.717, 1.165) is 18.1 Å². The monoisotopic (exact) mass is 266 g/mol. The molecular weight excluding hydrogens is 244 g/mol. The number of hydrogen-bond donors (Lipinski definition) is 2. The summed E-state index contributed by atoms with van der Waals surface area (Å²) in [6.45, 7) is 1.95. The van der Waals surface area contributed by atoms with E-state index in [1.54, 1.807) is 17.9 Å². The van der Waals surface area contributed by atoms with E-state index < -0.39 is 0 Å². The molecule has 6 nitrogen and oxygen atoms in total. The average Bonchev–Trinajstić information content (AvgIpc) is 3.12. The van der Waals surface area contributed by atoms with Gasteiger partial charge in [-0.2, -0.15) is 5.10 Å². The second kappa shape index (κ2) is 6.68. The van der Waals surface area contributed by atoms with Gasteiger partial charge in [-0.15, -0.1) is 0 Å². The first-order valence-corrected chi connectivity index (χ1v) is 6.72. The molecule has 2 N–H and O–H groups in total. The Labute approximate surface area is 113 Å². The third-order valence-corrected chi connectivity index (χ3v) is 3.21. The molecule has 1 unspecified atom stereocenters. The lowest BCUT2D eigenvalue weighted by Crippen LogP contribution is -2.37. The van der Waals surface area contributed by atoms with Crippen LogP contribution in [0.5, 0.6) is 0 Å². The van der Waals surface area contributed by atoms with Crippen LogP contribution in [0.4, 0.5) is 0 Å². The molecule has 2 rings (SSSR count). The van der Waals surface area contributed by atoms with Crippen molar-refractivity contribution in [3.05, 3.63) is 18.0 Å². The van der Waals surface area contributed by atoms with E-state index in [9.17, 15) is 4.79 Å². The van der Waals surface area contributed by atoms with Crippen LogP contribution in [0, 0.1) is 5.92 Å². The lowest BCUT2D eigenvalue weighted by Gasteiger charge is -2.14. The molecule has 1 atom stereocenters. The van der Waals surface area contributed by atoms with E-state index in [1.807, 2.05) is 13.2 Å². The van der Waals surface area contributed by atoms with Crippen LogP contribution in [0.25, 0.3) is 0 Å². The largest absolute Gasteiger partial charge is 0.379 e. The zero-order valence-corrected chi connectivity index (χ0v) is 11.6. The second-order valence-corrected chi connectivity index (χ2v) is 4.98. The van der Waals surface area contributed by atoms with Crippen LogP contribution < -0.4 is 10.6 Å². The molecule has 0 aromatic carbocycles. The third kappa shape index (κ3) is 4.33. The van der Waals surface area contributed by atoms with Gasteiger partial charge in [-0.25, -0.2) is 0 Å². The van der Waals surface area contributed by atoms with Crippen LogP contribution in [-0.4, -0.2) is 42.5 Å². The standard InChI is InChI=1S/C13H22N4O2/c1-14-12(11-7-16-17(2)8-11)13(18)15-5-6-19-9-10-3-4-10/h7-8,10,12,14H,3-6,9H2,1-2H3,(H,15,18). The number of likely N-dealkylation sites (N-methyl/N-ethyl adjacent to an activating group) is 1. The Hall–Kier alpha value is -1.40. The summed E-state index contributed by atoms with van der Waals surface area (Å²) in [6.07, 6.45) is 6.11. The lowest BCUT2D eigenvalue weighted by atomic mass is 10.1. The lowest BCUT2D eigenvalue weighted by molar-refractivity contribution is -0.123. The molecule has 1 aliphatic rings. The Morgan fingerprint density at radius 2 is 2.42 bits per heavy atom. The van der Waals surface area contributed by atoms with Crippen LogP contribution in [0.1, 0.15) is 24.4 Å². The number of amides is 1. The van der Waals surface area contributed by atoms with Crippen LogP contribution in [-0.2, 0) is 16.6 Å². The minimum atomic E-state index is -0.364. The molecule has 19 heavy (non-hydrogen) atoms. The number of aromatic nitrogens is 2. The Bertz CT molecular complexity index is 415. The van der Waals surface area contributed by atoms with Crippen molar-refractivity contribution < 1.29 is 9.53 Å². The number of hydrogen-bond acceptors (Lipinski definition) is 4. The maximum Gasteiger partial charge on any atom is 0.241 e. The predicted octanol–water partition coefficient (Wildman–Crippen LogP) is 0.223. The van der Waals surface area contributed by atoms with Gasteiger partial charge in [0.25, 0.3) is 0 Å². The summed E-state index contributed by atoms with van der Waals surface area (Å²) in [6, 6.07) is -0.364. The summed E-state index contributed by atoms with van der Waals surface area (Å²) in [5, 5.41) is 9.94. The van der Waals surface area contributed by atoms with Crippen molar-refractivity contribution in [3.8, 4) is 0 Å². The number of rotatable bonds is 8. The van der Waals surface area contributed by atoms with Gasteiger partial charge in [0.05, 0.1) is 12.8 Å². The van der Waals surface area contributed by atoms with Crippen LogP contribution >= 0.6 is 0 Å².